The highest BCUT2D eigenvalue weighted by molar-refractivity contribution is 6.05. The predicted molar refractivity (Wildman–Crippen MR) is 109 cm³/mol. The Bertz CT molecular complexity index is 1080. The molecule has 0 bridgehead atoms. The number of carbonyl (C=O) groups is 1. The standard InChI is InChI=1S/C21H21N3O5/c1-24-19(25)9-8-16(23-24)13-6-5-7-15(10-13)22-21(26)14-11-17(27-2)20(29-4)18(12-14)28-3/h5-12H,1-4H3,(H,22,26). The summed E-state index contributed by atoms with van der Waals surface area (Å²) in [5, 5.41) is 7.08. The van der Waals surface area contributed by atoms with E-state index < -0.39 is 0 Å². The minimum atomic E-state index is -0.338. The Balaban J connectivity index is 1.90. The summed E-state index contributed by atoms with van der Waals surface area (Å²) in [6.45, 7) is 0. The lowest BCUT2D eigenvalue weighted by Crippen LogP contribution is -2.18. The van der Waals surface area contributed by atoms with Crippen LogP contribution in [-0.2, 0) is 7.05 Å². The molecular formula is C21H21N3O5. The molecule has 1 heterocycles. The van der Waals surface area contributed by atoms with E-state index >= 15 is 0 Å². The van der Waals surface area contributed by atoms with Crippen LogP contribution in [0.2, 0.25) is 0 Å². The van der Waals surface area contributed by atoms with E-state index in [-0.39, 0.29) is 11.5 Å². The summed E-state index contributed by atoms with van der Waals surface area (Å²) in [7, 11) is 6.06. The van der Waals surface area contributed by atoms with E-state index in [4.69, 9.17) is 14.2 Å². The van der Waals surface area contributed by atoms with Crippen molar-refractivity contribution in [2.75, 3.05) is 26.6 Å². The lowest BCUT2D eigenvalue weighted by Gasteiger charge is -2.14. The molecule has 1 N–H and O–H groups in total. The third kappa shape index (κ3) is 4.21. The van der Waals surface area contributed by atoms with Crippen LogP contribution in [0.3, 0.4) is 0 Å². The van der Waals surface area contributed by atoms with Gasteiger partial charge in [-0.25, -0.2) is 4.68 Å². The molecule has 3 rings (SSSR count). The fourth-order valence-electron chi connectivity index (χ4n) is 2.83. The lowest BCUT2D eigenvalue weighted by atomic mass is 10.1. The summed E-state index contributed by atoms with van der Waals surface area (Å²) >= 11 is 0. The number of anilines is 1. The fourth-order valence-corrected chi connectivity index (χ4v) is 2.83. The van der Waals surface area contributed by atoms with Crippen LogP contribution in [0.4, 0.5) is 5.69 Å². The summed E-state index contributed by atoms with van der Waals surface area (Å²) in [5.74, 6) is 0.851. The second-order valence-electron chi connectivity index (χ2n) is 6.13. The van der Waals surface area contributed by atoms with Crippen LogP contribution in [0.1, 0.15) is 10.4 Å². The molecule has 8 heteroatoms. The van der Waals surface area contributed by atoms with E-state index in [9.17, 15) is 9.59 Å². The van der Waals surface area contributed by atoms with Crippen molar-refractivity contribution in [1.29, 1.82) is 0 Å². The van der Waals surface area contributed by atoms with Gasteiger partial charge in [0.25, 0.3) is 11.5 Å². The Morgan fingerprint density at radius 3 is 2.24 bits per heavy atom. The number of ether oxygens (including phenoxy) is 3. The van der Waals surface area contributed by atoms with E-state index in [1.54, 1.807) is 43.4 Å². The highest BCUT2D eigenvalue weighted by Gasteiger charge is 2.17. The van der Waals surface area contributed by atoms with Gasteiger partial charge in [0.2, 0.25) is 5.75 Å². The Labute approximate surface area is 167 Å². The molecule has 0 radical (unpaired) electrons. The number of hydrogen-bond donors (Lipinski definition) is 1. The van der Waals surface area contributed by atoms with Crippen LogP contribution in [0, 0.1) is 0 Å². The molecule has 0 aliphatic carbocycles. The van der Waals surface area contributed by atoms with E-state index in [2.05, 4.69) is 10.4 Å². The molecule has 3 aromatic rings. The topological polar surface area (TPSA) is 91.7 Å². The van der Waals surface area contributed by atoms with Crippen molar-refractivity contribution in [2.24, 2.45) is 7.05 Å². The fraction of sp³-hybridized carbons (Fsp3) is 0.190. The van der Waals surface area contributed by atoms with Crippen LogP contribution < -0.4 is 25.1 Å². The van der Waals surface area contributed by atoms with Crippen molar-refractivity contribution in [3.05, 3.63) is 64.4 Å². The van der Waals surface area contributed by atoms with Gasteiger partial charge in [-0.2, -0.15) is 5.10 Å². The van der Waals surface area contributed by atoms with Gasteiger partial charge in [-0.05, 0) is 30.3 Å². The minimum Gasteiger partial charge on any atom is -0.493 e. The van der Waals surface area contributed by atoms with Gasteiger partial charge < -0.3 is 19.5 Å². The number of aromatic nitrogens is 2. The van der Waals surface area contributed by atoms with Crippen molar-refractivity contribution >= 4 is 11.6 Å². The van der Waals surface area contributed by atoms with Crippen LogP contribution in [-0.4, -0.2) is 37.0 Å². The number of aryl methyl sites for hydroxylation is 1. The van der Waals surface area contributed by atoms with Gasteiger partial charge in [0.1, 0.15) is 0 Å². The zero-order chi connectivity index (χ0) is 21.0. The van der Waals surface area contributed by atoms with Gasteiger partial charge in [-0.15, -0.1) is 0 Å². The molecular weight excluding hydrogens is 374 g/mol. The lowest BCUT2D eigenvalue weighted by molar-refractivity contribution is 0.102. The number of nitrogens with zero attached hydrogens (tertiary/aromatic N) is 2. The summed E-state index contributed by atoms with van der Waals surface area (Å²) in [5.41, 5.74) is 2.13. The number of carbonyl (C=O) groups excluding carboxylic acids is 1. The third-order valence-corrected chi connectivity index (χ3v) is 4.30. The number of rotatable bonds is 6. The first-order chi connectivity index (χ1) is 14.0. The molecule has 1 aromatic heterocycles. The van der Waals surface area contributed by atoms with Crippen LogP contribution in [0.5, 0.6) is 17.2 Å². The summed E-state index contributed by atoms with van der Waals surface area (Å²) < 4.78 is 17.1. The Morgan fingerprint density at radius 1 is 0.966 bits per heavy atom. The summed E-state index contributed by atoms with van der Waals surface area (Å²) in [4.78, 5) is 24.3. The van der Waals surface area contributed by atoms with Gasteiger partial charge >= 0.3 is 0 Å². The van der Waals surface area contributed by atoms with Crippen molar-refractivity contribution in [3.8, 4) is 28.5 Å². The first-order valence-electron chi connectivity index (χ1n) is 8.73. The predicted octanol–water partition coefficient (Wildman–Crippen LogP) is 2.73. The molecule has 0 aliphatic rings. The molecule has 2 aromatic carbocycles. The summed E-state index contributed by atoms with van der Waals surface area (Å²) in [6.07, 6.45) is 0. The molecule has 0 saturated carbocycles. The number of amides is 1. The van der Waals surface area contributed by atoms with E-state index in [1.165, 1.54) is 32.1 Å². The van der Waals surface area contributed by atoms with Crippen molar-refractivity contribution in [2.45, 2.75) is 0 Å². The highest BCUT2D eigenvalue weighted by Crippen LogP contribution is 2.38. The van der Waals surface area contributed by atoms with E-state index in [1.807, 2.05) is 6.07 Å². The van der Waals surface area contributed by atoms with Crippen LogP contribution in [0.25, 0.3) is 11.3 Å². The second kappa shape index (κ2) is 8.47. The molecule has 0 fully saturated rings. The Morgan fingerprint density at radius 2 is 1.66 bits per heavy atom. The largest absolute Gasteiger partial charge is 0.493 e. The summed E-state index contributed by atoms with van der Waals surface area (Å²) in [6, 6.07) is 13.4. The quantitative estimate of drug-likeness (QED) is 0.690. The molecule has 1 amide bonds. The maximum atomic E-state index is 12.8. The molecule has 29 heavy (non-hydrogen) atoms. The SMILES string of the molecule is COc1cc(C(=O)Nc2cccc(-c3ccc(=O)n(C)n3)c2)cc(OC)c1OC. The van der Waals surface area contributed by atoms with Gasteiger partial charge in [-0.1, -0.05) is 12.1 Å². The molecule has 0 saturated heterocycles. The zero-order valence-electron chi connectivity index (χ0n) is 16.6. The smallest absolute Gasteiger partial charge is 0.266 e. The van der Waals surface area contributed by atoms with Crippen LogP contribution in [0.15, 0.2) is 53.3 Å². The third-order valence-electron chi connectivity index (χ3n) is 4.30. The first kappa shape index (κ1) is 19.9. The Hall–Kier alpha value is -3.81. The molecule has 0 spiro atoms. The van der Waals surface area contributed by atoms with Gasteiger partial charge in [-0.3, -0.25) is 9.59 Å². The van der Waals surface area contributed by atoms with E-state index in [0.717, 1.165) is 5.56 Å². The molecule has 150 valence electrons. The minimum absolute atomic E-state index is 0.194. The zero-order valence-corrected chi connectivity index (χ0v) is 16.6. The van der Waals surface area contributed by atoms with Crippen molar-refractivity contribution < 1.29 is 19.0 Å². The second-order valence-corrected chi connectivity index (χ2v) is 6.13. The van der Waals surface area contributed by atoms with Gasteiger partial charge in [0.05, 0.1) is 27.0 Å². The average molecular weight is 395 g/mol. The van der Waals surface area contributed by atoms with Gasteiger partial charge in [0, 0.05) is 29.9 Å². The monoisotopic (exact) mass is 395 g/mol. The van der Waals surface area contributed by atoms with Gasteiger partial charge in [0.15, 0.2) is 11.5 Å². The number of methoxy groups -OCH3 is 3. The normalized spacial score (nSPS) is 10.3. The maximum absolute atomic E-state index is 12.8. The Kier molecular flexibility index (Phi) is 5.82. The van der Waals surface area contributed by atoms with E-state index in [0.29, 0.717) is 34.2 Å². The number of benzene rings is 2. The molecule has 0 atom stereocenters. The molecule has 0 unspecified atom stereocenters. The first-order valence-corrected chi connectivity index (χ1v) is 8.73. The number of nitrogens with one attached hydrogen (secondary N) is 1. The molecule has 8 nitrogen and oxygen atoms in total. The van der Waals surface area contributed by atoms with Crippen LogP contribution >= 0.6 is 0 Å². The highest BCUT2D eigenvalue weighted by atomic mass is 16.5. The maximum Gasteiger partial charge on any atom is 0.266 e. The molecule has 0 aliphatic heterocycles. The van der Waals surface area contributed by atoms with Crippen molar-refractivity contribution in [3.63, 3.8) is 0 Å². The number of hydrogen-bond acceptors (Lipinski definition) is 6. The average Bonchev–Trinajstić information content (AvgIpc) is 2.74. The van der Waals surface area contributed by atoms with Crippen molar-refractivity contribution in [1.82, 2.24) is 9.78 Å².